The number of benzene rings is 1. The number of thiol groups is 1. The highest BCUT2D eigenvalue weighted by Gasteiger charge is 2.23. The smallest absolute Gasteiger partial charge is 0.339 e. The second-order valence-electron chi connectivity index (χ2n) is 3.73. The number of carbonyl (C=O) groups excluding carboxylic acids is 1. The Kier molecular flexibility index (Phi) is 6.21. The normalized spacial score (nSPS) is 15.1. The first-order valence-corrected chi connectivity index (χ1v) is 5.93. The molecule has 1 heterocycles. The highest BCUT2D eigenvalue weighted by molar-refractivity contribution is 8.93. The summed E-state index contributed by atoms with van der Waals surface area (Å²) in [6.45, 7) is 1.71. The molecule has 2 rings (SSSR count). The molecular formula is C12H15BrN2O2S. The van der Waals surface area contributed by atoms with Gasteiger partial charge in [0.15, 0.2) is 5.37 Å². The van der Waals surface area contributed by atoms with Crippen molar-refractivity contribution < 1.29 is 9.53 Å². The molecule has 6 heteroatoms. The topological polar surface area (TPSA) is 41.9 Å². The summed E-state index contributed by atoms with van der Waals surface area (Å²) >= 11 is 4.23. The SMILES string of the molecule is Br.O=C(OCc1ccccc1)C(S)N1C=NCC1. The fourth-order valence-corrected chi connectivity index (χ4v) is 1.77. The Morgan fingerprint density at radius 2 is 2.17 bits per heavy atom. The van der Waals surface area contributed by atoms with Crippen molar-refractivity contribution in [2.75, 3.05) is 13.1 Å². The van der Waals surface area contributed by atoms with E-state index in [-0.39, 0.29) is 29.6 Å². The third kappa shape index (κ3) is 4.03. The van der Waals surface area contributed by atoms with Crippen LogP contribution in [0.1, 0.15) is 5.56 Å². The van der Waals surface area contributed by atoms with Crippen LogP contribution in [0.2, 0.25) is 0 Å². The molecule has 98 valence electrons. The monoisotopic (exact) mass is 330 g/mol. The summed E-state index contributed by atoms with van der Waals surface area (Å²) in [5.74, 6) is -0.342. The molecule has 0 saturated heterocycles. The number of hydrogen-bond donors (Lipinski definition) is 1. The molecule has 0 aliphatic carbocycles. The maximum absolute atomic E-state index is 11.7. The lowest BCUT2D eigenvalue weighted by Gasteiger charge is -2.20. The summed E-state index contributed by atoms with van der Waals surface area (Å²) in [5.41, 5.74) is 0.969. The lowest BCUT2D eigenvalue weighted by molar-refractivity contribution is -0.146. The standard InChI is InChI=1S/C12H14N2O2S.BrH/c15-12(11(17)14-7-6-13-9-14)16-8-10-4-2-1-3-5-10;/h1-5,9,11,17H,6-8H2;1H. The zero-order valence-corrected chi connectivity index (χ0v) is 12.3. The van der Waals surface area contributed by atoms with Gasteiger partial charge in [-0.25, -0.2) is 4.79 Å². The molecule has 0 aromatic heterocycles. The van der Waals surface area contributed by atoms with Crippen LogP contribution in [0.4, 0.5) is 0 Å². The number of nitrogens with zero attached hydrogens (tertiary/aromatic N) is 2. The Hall–Kier alpha value is -1.01. The van der Waals surface area contributed by atoms with Crippen LogP contribution < -0.4 is 0 Å². The summed E-state index contributed by atoms with van der Waals surface area (Å²) in [5, 5.41) is -0.565. The van der Waals surface area contributed by atoms with E-state index < -0.39 is 5.37 Å². The maximum atomic E-state index is 11.7. The number of aliphatic imine (C=N–C) groups is 1. The van der Waals surface area contributed by atoms with Gasteiger partial charge < -0.3 is 9.64 Å². The van der Waals surface area contributed by atoms with Crippen LogP contribution in [-0.2, 0) is 16.1 Å². The molecule has 1 aliphatic rings. The molecule has 1 aromatic carbocycles. The van der Waals surface area contributed by atoms with E-state index in [2.05, 4.69) is 17.6 Å². The van der Waals surface area contributed by atoms with E-state index in [1.165, 1.54) is 0 Å². The van der Waals surface area contributed by atoms with Crippen LogP contribution in [0.15, 0.2) is 35.3 Å². The number of esters is 1. The van der Waals surface area contributed by atoms with Crippen LogP contribution in [-0.4, -0.2) is 35.7 Å². The first kappa shape index (κ1) is 15.0. The fraction of sp³-hybridized carbons (Fsp3) is 0.333. The summed E-state index contributed by atoms with van der Waals surface area (Å²) in [6, 6.07) is 9.58. The molecule has 4 nitrogen and oxygen atoms in total. The summed E-state index contributed by atoms with van der Waals surface area (Å²) in [4.78, 5) is 17.5. The highest BCUT2D eigenvalue weighted by atomic mass is 79.9. The zero-order valence-electron chi connectivity index (χ0n) is 9.73. The number of hydrogen-bond acceptors (Lipinski definition) is 5. The molecule has 1 atom stereocenters. The largest absolute Gasteiger partial charge is 0.459 e. The van der Waals surface area contributed by atoms with Crippen LogP contribution in [0.5, 0.6) is 0 Å². The third-order valence-electron chi connectivity index (χ3n) is 2.47. The molecule has 0 bridgehead atoms. The van der Waals surface area contributed by atoms with E-state index in [0.29, 0.717) is 13.1 Å². The third-order valence-corrected chi connectivity index (χ3v) is 2.97. The van der Waals surface area contributed by atoms with E-state index in [1.54, 1.807) is 11.2 Å². The molecule has 0 fully saturated rings. The molecule has 18 heavy (non-hydrogen) atoms. The van der Waals surface area contributed by atoms with Crippen molar-refractivity contribution >= 4 is 41.9 Å². The van der Waals surface area contributed by atoms with E-state index in [1.807, 2.05) is 30.3 Å². The summed E-state index contributed by atoms with van der Waals surface area (Å²) in [7, 11) is 0. The molecule has 0 spiro atoms. The molecular weight excluding hydrogens is 316 g/mol. The average molecular weight is 331 g/mol. The van der Waals surface area contributed by atoms with Crippen molar-refractivity contribution in [3.8, 4) is 0 Å². The molecule has 0 saturated carbocycles. The van der Waals surface area contributed by atoms with Crippen LogP contribution in [0.25, 0.3) is 0 Å². The number of halogens is 1. The van der Waals surface area contributed by atoms with Gasteiger partial charge in [-0.1, -0.05) is 30.3 Å². The predicted octanol–water partition coefficient (Wildman–Crippen LogP) is 1.91. The minimum atomic E-state index is -0.565. The van der Waals surface area contributed by atoms with Crippen molar-refractivity contribution in [3.63, 3.8) is 0 Å². The minimum absolute atomic E-state index is 0. The van der Waals surface area contributed by atoms with Gasteiger partial charge in [-0.05, 0) is 5.56 Å². The quantitative estimate of drug-likeness (QED) is 0.677. The van der Waals surface area contributed by atoms with Gasteiger partial charge in [0, 0.05) is 6.54 Å². The van der Waals surface area contributed by atoms with Crippen molar-refractivity contribution in [2.45, 2.75) is 12.0 Å². The highest BCUT2D eigenvalue weighted by Crippen LogP contribution is 2.09. The summed E-state index contributed by atoms with van der Waals surface area (Å²) < 4.78 is 5.18. The first-order valence-electron chi connectivity index (χ1n) is 5.42. The Bertz CT molecular complexity index is 414. The summed E-state index contributed by atoms with van der Waals surface area (Å²) in [6.07, 6.45) is 1.64. The molecule has 0 N–H and O–H groups in total. The van der Waals surface area contributed by atoms with Crippen LogP contribution in [0, 0.1) is 0 Å². The van der Waals surface area contributed by atoms with Crippen molar-refractivity contribution in [1.29, 1.82) is 0 Å². The lowest BCUT2D eigenvalue weighted by Crippen LogP contribution is -2.36. The Balaban J connectivity index is 0.00000162. The minimum Gasteiger partial charge on any atom is -0.459 e. The molecule has 1 aliphatic heterocycles. The molecule has 1 aromatic rings. The number of ether oxygens (including phenoxy) is 1. The molecule has 0 radical (unpaired) electrons. The van der Waals surface area contributed by atoms with Crippen LogP contribution in [0.3, 0.4) is 0 Å². The maximum Gasteiger partial charge on any atom is 0.339 e. The van der Waals surface area contributed by atoms with E-state index in [0.717, 1.165) is 5.56 Å². The van der Waals surface area contributed by atoms with Gasteiger partial charge in [-0.2, -0.15) is 0 Å². The van der Waals surface area contributed by atoms with Gasteiger partial charge in [-0.3, -0.25) is 4.99 Å². The lowest BCUT2D eigenvalue weighted by atomic mass is 10.2. The van der Waals surface area contributed by atoms with E-state index >= 15 is 0 Å². The predicted molar refractivity (Wildman–Crippen MR) is 79.4 cm³/mol. The average Bonchev–Trinajstić information content (AvgIpc) is 2.90. The second-order valence-corrected chi connectivity index (χ2v) is 4.22. The van der Waals surface area contributed by atoms with Gasteiger partial charge in [0.2, 0.25) is 0 Å². The number of rotatable bonds is 4. The van der Waals surface area contributed by atoms with Crippen molar-refractivity contribution in [3.05, 3.63) is 35.9 Å². The second kappa shape index (κ2) is 7.43. The van der Waals surface area contributed by atoms with Gasteiger partial charge >= 0.3 is 5.97 Å². The van der Waals surface area contributed by atoms with Crippen molar-refractivity contribution in [2.24, 2.45) is 4.99 Å². The van der Waals surface area contributed by atoms with Gasteiger partial charge in [0.1, 0.15) is 6.61 Å². The van der Waals surface area contributed by atoms with Gasteiger partial charge in [-0.15, -0.1) is 29.6 Å². The molecule has 0 amide bonds. The first-order chi connectivity index (χ1) is 8.27. The van der Waals surface area contributed by atoms with Gasteiger partial charge in [0.05, 0.1) is 12.9 Å². The Morgan fingerprint density at radius 1 is 1.44 bits per heavy atom. The van der Waals surface area contributed by atoms with E-state index in [9.17, 15) is 4.79 Å². The van der Waals surface area contributed by atoms with Gasteiger partial charge in [0.25, 0.3) is 0 Å². The zero-order chi connectivity index (χ0) is 12.1. The Morgan fingerprint density at radius 3 is 2.78 bits per heavy atom. The van der Waals surface area contributed by atoms with Crippen LogP contribution >= 0.6 is 29.6 Å². The fourth-order valence-electron chi connectivity index (χ4n) is 1.52. The van der Waals surface area contributed by atoms with Crippen molar-refractivity contribution in [1.82, 2.24) is 4.90 Å². The van der Waals surface area contributed by atoms with E-state index in [4.69, 9.17) is 4.74 Å². The number of carbonyl (C=O) groups is 1. The Labute approximate surface area is 122 Å². The molecule has 1 unspecified atom stereocenters.